The molecule has 0 bridgehead atoms. The second-order valence-corrected chi connectivity index (χ2v) is 6.26. The molecule has 2 rings (SSSR count). The van der Waals surface area contributed by atoms with E-state index in [9.17, 15) is 9.90 Å². The molecule has 1 saturated carbocycles. The van der Waals surface area contributed by atoms with Gasteiger partial charge in [0.15, 0.2) is 0 Å². The number of carboxylic acids is 1. The van der Waals surface area contributed by atoms with Gasteiger partial charge in [-0.1, -0.05) is 57.0 Å². The maximum atomic E-state index is 12.0. The highest BCUT2D eigenvalue weighted by Crippen LogP contribution is 2.41. The lowest BCUT2D eigenvalue weighted by Crippen LogP contribution is -2.58. The Morgan fingerprint density at radius 2 is 2.05 bits per heavy atom. The molecule has 1 aliphatic rings. The number of carbonyl (C=O) groups is 1. The Hall–Kier alpha value is -1.35. The van der Waals surface area contributed by atoms with Crippen molar-refractivity contribution in [2.75, 3.05) is 6.54 Å². The molecule has 0 spiro atoms. The lowest BCUT2D eigenvalue weighted by Gasteiger charge is -2.42. The summed E-state index contributed by atoms with van der Waals surface area (Å²) in [6.45, 7) is 4.97. The molecule has 1 aromatic carbocycles. The average molecular weight is 275 g/mol. The molecule has 3 heteroatoms. The molecule has 2 N–H and O–H groups in total. The van der Waals surface area contributed by atoms with Crippen LogP contribution in [0, 0.1) is 5.92 Å². The topological polar surface area (TPSA) is 49.3 Å². The van der Waals surface area contributed by atoms with Crippen LogP contribution >= 0.6 is 0 Å². The molecule has 2 atom stereocenters. The Balaban J connectivity index is 2.32. The third-order valence-electron chi connectivity index (χ3n) is 4.32. The van der Waals surface area contributed by atoms with E-state index in [1.54, 1.807) is 0 Å². The summed E-state index contributed by atoms with van der Waals surface area (Å²) in [7, 11) is 0. The number of hydrogen-bond donors (Lipinski definition) is 2. The van der Waals surface area contributed by atoms with Crippen molar-refractivity contribution < 1.29 is 9.90 Å². The third-order valence-corrected chi connectivity index (χ3v) is 4.32. The highest BCUT2D eigenvalue weighted by molar-refractivity contribution is 5.80. The molecule has 1 fully saturated rings. The standard InChI is InChI=1S/C17H25NO2/c1-13(2)12-18-17(16(19)20)11-7-6-10-15(17)14-8-4-3-5-9-14/h3-5,8-9,13,15,18H,6-7,10-12H2,1-2H3,(H,19,20). The van der Waals surface area contributed by atoms with E-state index in [0.717, 1.165) is 31.4 Å². The molecule has 0 aliphatic heterocycles. The molecule has 110 valence electrons. The Kier molecular flexibility index (Phi) is 4.81. The normalized spacial score (nSPS) is 26.6. The van der Waals surface area contributed by atoms with E-state index >= 15 is 0 Å². The van der Waals surface area contributed by atoms with Gasteiger partial charge in [-0.05, 0) is 30.9 Å². The van der Waals surface area contributed by atoms with Crippen LogP contribution in [0.1, 0.15) is 51.0 Å². The van der Waals surface area contributed by atoms with E-state index in [-0.39, 0.29) is 5.92 Å². The minimum Gasteiger partial charge on any atom is -0.480 e. The fourth-order valence-electron chi connectivity index (χ4n) is 3.24. The van der Waals surface area contributed by atoms with Gasteiger partial charge in [0.1, 0.15) is 5.54 Å². The summed E-state index contributed by atoms with van der Waals surface area (Å²) >= 11 is 0. The first-order valence-electron chi connectivity index (χ1n) is 7.59. The van der Waals surface area contributed by atoms with Crippen molar-refractivity contribution in [2.24, 2.45) is 5.92 Å². The highest BCUT2D eigenvalue weighted by Gasteiger charge is 2.47. The summed E-state index contributed by atoms with van der Waals surface area (Å²) in [5.74, 6) is -0.190. The van der Waals surface area contributed by atoms with E-state index in [0.29, 0.717) is 12.3 Å². The number of carboxylic acid groups (broad SMARTS) is 1. The highest BCUT2D eigenvalue weighted by atomic mass is 16.4. The van der Waals surface area contributed by atoms with Crippen molar-refractivity contribution >= 4 is 5.97 Å². The van der Waals surface area contributed by atoms with Gasteiger partial charge in [0.05, 0.1) is 0 Å². The van der Waals surface area contributed by atoms with Crippen molar-refractivity contribution in [3.63, 3.8) is 0 Å². The SMILES string of the molecule is CC(C)CNC1(C(=O)O)CCCCC1c1ccccc1. The molecule has 2 unspecified atom stereocenters. The van der Waals surface area contributed by atoms with Crippen LogP contribution < -0.4 is 5.32 Å². The fourth-order valence-corrected chi connectivity index (χ4v) is 3.24. The van der Waals surface area contributed by atoms with Crippen molar-refractivity contribution in [1.29, 1.82) is 0 Å². The summed E-state index contributed by atoms with van der Waals surface area (Å²) < 4.78 is 0. The molecule has 1 aliphatic carbocycles. The average Bonchev–Trinajstić information content (AvgIpc) is 2.46. The van der Waals surface area contributed by atoms with Crippen LogP contribution in [-0.4, -0.2) is 23.2 Å². The Labute approximate surface area is 121 Å². The van der Waals surface area contributed by atoms with Crippen molar-refractivity contribution in [3.05, 3.63) is 35.9 Å². The van der Waals surface area contributed by atoms with Crippen LogP contribution in [0.2, 0.25) is 0 Å². The summed E-state index contributed by atoms with van der Waals surface area (Å²) in [5.41, 5.74) is 0.343. The largest absolute Gasteiger partial charge is 0.480 e. The quantitative estimate of drug-likeness (QED) is 0.865. The second-order valence-electron chi connectivity index (χ2n) is 6.26. The van der Waals surface area contributed by atoms with Crippen LogP contribution in [-0.2, 0) is 4.79 Å². The lowest BCUT2D eigenvalue weighted by atomic mass is 9.69. The Morgan fingerprint density at radius 1 is 1.35 bits per heavy atom. The van der Waals surface area contributed by atoms with Gasteiger partial charge >= 0.3 is 5.97 Å². The first-order chi connectivity index (χ1) is 9.56. The zero-order chi connectivity index (χ0) is 14.6. The first kappa shape index (κ1) is 15.0. The summed E-state index contributed by atoms with van der Waals surface area (Å²) in [5, 5.41) is 13.3. The number of hydrogen-bond acceptors (Lipinski definition) is 2. The molecule has 0 amide bonds. The third kappa shape index (κ3) is 3.04. The van der Waals surface area contributed by atoms with Crippen LogP contribution in [0.5, 0.6) is 0 Å². The summed E-state index contributed by atoms with van der Waals surface area (Å²) in [6.07, 6.45) is 3.76. The van der Waals surface area contributed by atoms with Gasteiger partial charge in [-0.25, -0.2) is 0 Å². The van der Waals surface area contributed by atoms with Crippen LogP contribution in [0.3, 0.4) is 0 Å². The molecule has 1 aromatic rings. The van der Waals surface area contributed by atoms with E-state index < -0.39 is 11.5 Å². The monoisotopic (exact) mass is 275 g/mol. The molecule has 20 heavy (non-hydrogen) atoms. The summed E-state index contributed by atoms with van der Waals surface area (Å²) in [4.78, 5) is 12.0. The van der Waals surface area contributed by atoms with Gasteiger partial charge in [-0.15, -0.1) is 0 Å². The predicted molar refractivity (Wildman–Crippen MR) is 80.9 cm³/mol. The molecule has 0 saturated heterocycles. The van der Waals surface area contributed by atoms with E-state index in [1.165, 1.54) is 0 Å². The molecule has 3 nitrogen and oxygen atoms in total. The van der Waals surface area contributed by atoms with E-state index in [1.807, 2.05) is 18.2 Å². The zero-order valence-corrected chi connectivity index (χ0v) is 12.4. The smallest absolute Gasteiger partial charge is 0.324 e. The molecule has 0 radical (unpaired) electrons. The Morgan fingerprint density at radius 3 is 2.65 bits per heavy atom. The van der Waals surface area contributed by atoms with Crippen LogP contribution in [0.15, 0.2) is 30.3 Å². The van der Waals surface area contributed by atoms with E-state index in [2.05, 4.69) is 31.3 Å². The maximum Gasteiger partial charge on any atom is 0.324 e. The molecule has 0 aromatic heterocycles. The number of aliphatic carboxylic acids is 1. The molecular formula is C17H25NO2. The van der Waals surface area contributed by atoms with Crippen molar-refractivity contribution in [2.45, 2.75) is 51.0 Å². The van der Waals surface area contributed by atoms with Crippen molar-refractivity contribution in [1.82, 2.24) is 5.32 Å². The van der Waals surface area contributed by atoms with Gasteiger partial charge in [0.2, 0.25) is 0 Å². The minimum absolute atomic E-state index is 0.0636. The van der Waals surface area contributed by atoms with Gasteiger partial charge in [-0.2, -0.15) is 0 Å². The van der Waals surface area contributed by atoms with Crippen molar-refractivity contribution in [3.8, 4) is 0 Å². The first-order valence-corrected chi connectivity index (χ1v) is 7.59. The minimum atomic E-state index is -0.802. The Bertz CT molecular complexity index is 444. The van der Waals surface area contributed by atoms with Gasteiger partial charge < -0.3 is 10.4 Å². The predicted octanol–water partition coefficient (Wildman–Crippen LogP) is 3.41. The number of benzene rings is 1. The van der Waals surface area contributed by atoms with E-state index in [4.69, 9.17) is 0 Å². The molecular weight excluding hydrogens is 250 g/mol. The van der Waals surface area contributed by atoms with Crippen LogP contribution in [0.4, 0.5) is 0 Å². The molecule has 0 heterocycles. The second kappa shape index (κ2) is 6.40. The lowest BCUT2D eigenvalue weighted by molar-refractivity contribution is -0.147. The summed E-state index contributed by atoms with van der Waals surface area (Å²) in [6, 6.07) is 10.1. The van der Waals surface area contributed by atoms with Gasteiger partial charge in [0.25, 0.3) is 0 Å². The van der Waals surface area contributed by atoms with Gasteiger partial charge in [-0.3, -0.25) is 4.79 Å². The van der Waals surface area contributed by atoms with Gasteiger partial charge in [0, 0.05) is 5.92 Å². The number of nitrogens with one attached hydrogen (secondary N) is 1. The maximum absolute atomic E-state index is 12.0. The van der Waals surface area contributed by atoms with Crippen LogP contribution in [0.25, 0.3) is 0 Å². The number of rotatable bonds is 5. The zero-order valence-electron chi connectivity index (χ0n) is 12.4. The fraction of sp³-hybridized carbons (Fsp3) is 0.588.